The van der Waals surface area contributed by atoms with Crippen LogP contribution in [0.3, 0.4) is 0 Å². The predicted octanol–water partition coefficient (Wildman–Crippen LogP) is 5.17. The highest BCUT2D eigenvalue weighted by Crippen LogP contribution is 2.25. The highest BCUT2D eigenvalue weighted by atomic mass is 35.5. The minimum Gasteiger partial charge on any atom is -0.470 e. The molecule has 0 saturated heterocycles. The SMILES string of the molecule is Cc1ccc(Cl)c(OCn2ccc(C(=O)Nc3nn(Cc4ccccc4F)cc3Cl)n2)c1. The molecule has 2 aromatic carbocycles. The van der Waals surface area contributed by atoms with Crippen molar-refractivity contribution >= 4 is 34.9 Å². The Morgan fingerprint density at radius 3 is 2.72 bits per heavy atom. The van der Waals surface area contributed by atoms with Crippen LogP contribution in [0, 0.1) is 12.7 Å². The summed E-state index contributed by atoms with van der Waals surface area (Å²) in [5.74, 6) is -0.148. The molecular weight excluding hydrogens is 456 g/mol. The third kappa shape index (κ3) is 5.09. The van der Waals surface area contributed by atoms with E-state index in [1.165, 1.54) is 21.6 Å². The van der Waals surface area contributed by atoms with Crippen LogP contribution < -0.4 is 10.1 Å². The number of ether oxygens (including phenoxy) is 1. The molecule has 0 spiro atoms. The second kappa shape index (κ2) is 9.42. The van der Waals surface area contributed by atoms with E-state index in [-0.39, 0.29) is 35.6 Å². The molecule has 32 heavy (non-hydrogen) atoms. The fourth-order valence-electron chi connectivity index (χ4n) is 2.95. The molecule has 0 fully saturated rings. The second-order valence-corrected chi connectivity index (χ2v) is 7.83. The van der Waals surface area contributed by atoms with E-state index in [0.29, 0.717) is 16.3 Å². The number of halogens is 3. The standard InChI is InChI=1S/C22H18Cl2FN5O2/c1-14-6-7-16(23)20(10-14)32-13-29-9-8-19(27-29)22(31)26-21-17(24)12-30(28-21)11-15-4-2-3-5-18(15)25/h2-10,12H,11,13H2,1H3,(H,26,28,31). The van der Waals surface area contributed by atoms with Crippen molar-refractivity contribution in [2.75, 3.05) is 5.32 Å². The lowest BCUT2D eigenvalue weighted by atomic mass is 10.2. The molecule has 0 aliphatic rings. The van der Waals surface area contributed by atoms with Gasteiger partial charge in [0.05, 0.1) is 11.6 Å². The van der Waals surface area contributed by atoms with Gasteiger partial charge in [-0.05, 0) is 36.8 Å². The Hall–Kier alpha value is -3.36. The van der Waals surface area contributed by atoms with Crippen LogP contribution in [-0.2, 0) is 13.3 Å². The number of carbonyl (C=O) groups is 1. The van der Waals surface area contributed by atoms with Gasteiger partial charge < -0.3 is 10.1 Å². The van der Waals surface area contributed by atoms with Gasteiger partial charge in [-0.2, -0.15) is 10.2 Å². The Morgan fingerprint density at radius 1 is 1.09 bits per heavy atom. The maximum Gasteiger partial charge on any atom is 0.277 e. The van der Waals surface area contributed by atoms with Gasteiger partial charge in [-0.25, -0.2) is 9.07 Å². The molecule has 0 saturated carbocycles. The number of aryl methyl sites for hydroxylation is 1. The molecule has 0 unspecified atom stereocenters. The van der Waals surface area contributed by atoms with E-state index in [0.717, 1.165) is 5.56 Å². The number of rotatable bonds is 7. The Balaban J connectivity index is 1.39. The summed E-state index contributed by atoms with van der Waals surface area (Å²) < 4.78 is 22.4. The number of carbonyl (C=O) groups excluding carboxylic acids is 1. The topological polar surface area (TPSA) is 74.0 Å². The average Bonchev–Trinajstić information content (AvgIpc) is 3.37. The first-order chi connectivity index (χ1) is 15.4. The maximum atomic E-state index is 13.9. The Labute approximate surface area is 193 Å². The van der Waals surface area contributed by atoms with Crippen molar-refractivity contribution in [3.8, 4) is 5.75 Å². The summed E-state index contributed by atoms with van der Waals surface area (Å²) in [6, 6.07) is 13.4. The van der Waals surface area contributed by atoms with Gasteiger partial charge in [-0.1, -0.05) is 47.5 Å². The largest absolute Gasteiger partial charge is 0.470 e. The molecule has 164 valence electrons. The molecule has 2 aromatic heterocycles. The van der Waals surface area contributed by atoms with E-state index in [1.807, 2.05) is 19.1 Å². The van der Waals surface area contributed by atoms with Crippen LogP contribution in [0.2, 0.25) is 10.0 Å². The van der Waals surface area contributed by atoms with Crippen LogP contribution in [0.1, 0.15) is 21.6 Å². The van der Waals surface area contributed by atoms with Crippen LogP contribution >= 0.6 is 23.2 Å². The zero-order chi connectivity index (χ0) is 22.7. The maximum absolute atomic E-state index is 13.9. The van der Waals surface area contributed by atoms with Crippen molar-refractivity contribution in [3.05, 3.63) is 93.6 Å². The highest BCUT2D eigenvalue weighted by Gasteiger charge is 2.15. The summed E-state index contributed by atoms with van der Waals surface area (Å²) in [4.78, 5) is 12.6. The van der Waals surface area contributed by atoms with Crippen LogP contribution in [-0.4, -0.2) is 25.5 Å². The van der Waals surface area contributed by atoms with Gasteiger partial charge in [-0.15, -0.1) is 0 Å². The molecule has 10 heteroatoms. The van der Waals surface area contributed by atoms with Crippen LogP contribution in [0.4, 0.5) is 10.2 Å². The van der Waals surface area contributed by atoms with Crippen molar-refractivity contribution in [2.45, 2.75) is 20.2 Å². The van der Waals surface area contributed by atoms with E-state index in [2.05, 4.69) is 15.5 Å². The summed E-state index contributed by atoms with van der Waals surface area (Å²) in [5.41, 5.74) is 1.62. The lowest BCUT2D eigenvalue weighted by molar-refractivity contribution is 0.101. The van der Waals surface area contributed by atoms with Gasteiger partial charge in [0.15, 0.2) is 18.2 Å². The Kier molecular flexibility index (Phi) is 6.43. The molecule has 4 rings (SSSR count). The van der Waals surface area contributed by atoms with Gasteiger partial charge in [0.25, 0.3) is 5.91 Å². The summed E-state index contributed by atoms with van der Waals surface area (Å²) in [7, 11) is 0. The smallest absolute Gasteiger partial charge is 0.277 e. The molecule has 2 heterocycles. The third-order valence-electron chi connectivity index (χ3n) is 4.55. The van der Waals surface area contributed by atoms with Crippen LogP contribution in [0.5, 0.6) is 5.75 Å². The fourth-order valence-corrected chi connectivity index (χ4v) is 3.32. The number of hydrogen-bond acceptors (Lipinski definition) is 4. The summed E-state index contributed by atoms with van der Waals surface area (Å²) in [6.45, 7) is 2.19. The predicted molar refractivity (Wildman–Crippen MR) is 120 cm³/mol. The lowest BCUT2D eigenvalue weighted by Crippen LogP contribution is -2.15. The lowest BCUT2D eigenvalue weighted by Gasteiger charge is -2.08. The minimum atomic E-state index is -0.490. The molecule has 0 aliphatic heterocycles. The van der Waals surface area contributed by atoms with Crippen molar-refractivity contribution in [1.82, 2.24) is 19.6 Å². The second-order valence-electron chi connectivity index (χ2n) is 7.02. The first kappa shape index (κ1) is 21.9. The molecule has 4 aromatic rings. The number of amides is 1. The zero-order valence-electron chi connectivity index (χ0n) is 16.9. The van der Waals surface area contributed by atoms with Crippen molar-refractivity contribution in [2.24, 2.45) is 0 Å². The van der Waals surface area contributed by atoms with Gasteiger partial charge in [-0.3, -0.25) is 9.48 Å². The molecule has 1 N–H and O–H groups in total. The van der Waals surface area contributed by atoms with Crippen molar-refractivity contribution in [3.63, 3.8) is 0 Å². The zero-order valence-corrected chi connectivity index (χ0v) is 18.4. The minimum absolute atomic E-state index is 0.0779. The first-order valence-electron chi connectivity index (χ1n) is 9.59. The third-order valence-corrected chi connectivity index (χ3v) is 5.14. The van der Waals surface area contributed by atoms with E-state index in [1.54, 1.807) is 36.5 Å². The highest BCUT2D eigenvalue weighted by molar-refractivity contribution is 6.33. The quantitative estimate of drug-likeness (QED) is 0.401. The number of benzene rings is 2. The summed E-state index contributed by atoms with van der Waals surface area (Å²) >= 11 is 12.3. The van der Waals surface area contributed by atoms with E-state index in [9.17, 15) is 9.18 Å². The number of nitrogens with zero attached hydrogens (tertiary/aromatic N) is 4. The van der Waals surface area contributed by atoms with Gasteiger partial charge in [0, 0.05) is 18.0 Å². The summed E-state index contributed by atoms with van der Waals surface area (Å²) in [6.07, 6.45) is 3.12. The van der Waals surface area contributed by atoms with Crippen LogP contribution in [0.25, 0.3) is 0 Å². The number of aromatic nitrogens is 4. The van der Waals surface area contributed by atoms with Gasteiger partial charge in [0.1, 0.15) is 16.6 Å². The van der Waals surface area contributed by atoms with Crippen molar-refractivity contribution in [1.29, 1.82) is 0 Å². The van der Waals surface area contributed by atoms with Gasteiger partial charge in [0.2, 0.25) is 0 Å². The number of nitrogens with one attached hydrogen (secondary N) is 1. The average molecular weight is 474 g/mol. The van der Waals surface area contributed by atoms with Crippen molar-refractivity contribution < 1.29 is 13.9 Å². The molecular formula is C22H18Cl2FN5O2. The van der Waals surface area contributed by atoms with Gasteiger partial charge >= 0.3 is 0 Å². The molecule has 7 nitrogen and oxygen atoms in total. The molecule has 1 amide bonds. The monoisotopic (exact) mass is 473 g/mol. The molecule has 0 radical (unpaired) electrons. The number of anilines is 1. The van der Waals surface area contributed by atoms with E-state index >= 15 is 0 Å². The Morgan fingerprint density at radius 2 is 1.91 bits per heavy atom. The van der Waals surface area contributed by atoms with E-state index in [4.69, 9.17) is 27.9 Å². The Bertz CT molecular complexity index is 1270. The molecule has 0 atom stereocenters. The van der Waals surface area contributed by atoms with Crippen LogP contribution in [0.15, 0.2) is 60.9 Å². The normalized spacial score (nSPS) is 10.9. The number of hydrogen-bond donors (Lipinski definition) is 1. The van der Waals surface area contributed by atoms with E-state index < -0.39 is 5.91 Å². The summed E-state index contributed by atoms with van der Waals surface area (Å²) in [5, 5.41) is 11.8. The first-order valence-corrected chi connectivity index (χ1v) is 10.3. The fraction of sp³-hybridized carbons (Fsp3) is 0.136. The molecule has 0 aliphatic carbocycles. The molecule has 0 bridgehead atoms.